The summed E-state index contributed by atoms with van der Waals surface area (Å²) in [5, 5.41) is 3.29. The van der Waals surface area contributed by atoms with Crippen molar-refractivity contribution in [1.82, 2.24) is 9.55 Å². The molecule has 3 rings (SSSR count). The Labute approximate surface area is 172 Å². The first-order valence-electron chi connectivity index (χ1n) is 9.15. The maximum absolute atomic E-state index is 13.1. The van der Waals surface area contributed by atoms with E-state index in [0.717, 1.165) is 5.56 Å². The molecule has 0 aliphatic carbocycles. The van der Waals surface area contributed by atoms with E-state index < -0.39 is 5.56 Å². The number of fused-ring (bicyclic) bond motifs is 1. The molecule has 1 N–H and O–H groups in total. The summed E-state index contributed by atoms with van der Waals surface area (Å²) in [5.41, 5.74) is 1.97. The first kappa shape index (κ1) is 20.5. The van der Waals surface area contributed by atoms with Gasteiger partial charge in [0.05, 0.1) is 11.0 Å². The number of amides is 2. The first-order valence-corrected chi connectivity index (χ1v) is 9.53. The fourth-order valence-electron chi connectivity index (χ4n) is 3.05. The molecule has 8 heteroatoms. The number of aryl methyl sites for hydroxylation is 1. The normalized spacial score (nSPS) is 10.8. The van der Waals surface area contributed by atoms with Gasteiger partial charge in [0.25, 0.3) is 5.56 Å². The van der Waals surface area contributed by atoms with E-state index in [1.54, 1.807) is 49.4 Å². The summed E-state index contributed by atoms with van der Waals surface area (Å²) in [6, 6.07) is 12.2. The number of aromatic nitrogens is 2. The fourth-order valence-corrected chi connectivity index (χ4v) is 3.23. The third kappa shape index (κ3) is 4.30. The number of rotatable bonds is 5. The van der Waals surface area contributed by atoms with Crippen LogP contribution in [-0.4, -0.2) is 27.9 Å². The van der Waals surface area contributed by atoms with E-state index in [1.165, 1.54) is 16.4 Å². The van der Waals surface area contributed by atoms with Crippen molar-refractivity contribution in [3.63, 3.8) is 0 Å². The number of carbonyl (C=O) groups excluding carboxylic acids is 2. The predicted octanol–water partition coefficient (Wildman–Crippen LogP) is 3.37. The van der Waals surface area contributed by atoms with E-state index in [2.05, 4.69) is 10.3 Å². The van der Waals surface area contributed by atoms with E-state index in [0.29, 0.717) is 28.3 Å². The lowest BCUT2D eigenvalue weighted by molar-refractivity contribution is -0.117. The molecule has 0 aliphatic rings. The van der Waals surface area contributed by atoms with Gasteiger partial charge in [-0.1, -0.05) is 29.8 Å². The average molecular weight is 413 g/mol. The number of nitrogens with zero attached hydrogens (tertiary/aromatic N) is 3. The molecule has 0 spiro atoms. The van der Waals surface area contributed by atoms with Crippen LogP contribution in [0.4, 0.5) is 11.5 Å². The van der Waals surface area contributed by atoms with Crippen LogP contribution in [0, 0.1) is 6.92 Å². The van der Waals surface area contributed by atoms with Gasteiger partial charge in [0.1, 0.15) is 6.54 Å². The van der Waals surface area contributed by atoms with E-state index >= 15 is 0 Å². The van der Waals surface area contributed by atoms with Gasteiger partial charge >= 0.3 is 0 Å². The van der Waals surface area contributed by atoms with Crippen molar-refractivity contribution < 1.29 is 9.59 Å². The van der Waals surface area contributed by atoms with Crippen molar-refractivity contribution in [1.29, 1.82) is 0 Å². The largest absolute Gasteiger partial charge is 0.324 e. The van der Waals surface area contributed by atoms with Crippen molar-refractivity contribution in [3.8, 4) is 0 Å². The molecule has 2 aromatic carbocycles. The van der Waals surface area contributed by atoms with E-state index in [1.807, 2.05) is 6.92 Å². The Bertz CT molecular complexity index is 1160. The maximum Gasteiger partial charge on any atom is 0.294 e. The quantitative estimate of drug-likeness (QED) is 0.696. The van der Waals surface area contributed by atoms with Crippen LogP contribution in [0.1, 0.15) is 19.4 Å². The van der Waals surface area contributed by atoms with E-state index in [4.69, 9.17) is 11.6 Å². The minimum absolute atomic E-state index is 0.00452. The lowest BCUT2D eigenvalue weighted by Gasteiger charge is -2.19. The molecular weight excluding hydrogens is 392 g/mol. The summed E-state index contributed by atoms with van der Waals surface area (Å²) in [4.78, 5) is 43.3. The van der Waals surface area contributed by atoms with Crippen molar-refractivity contribution in [2.24, 2.45) is 0 Å². The molecule has 0 fully saturated rings. The minimum Gasteiger partial charge on any atom is -0.324 e. The first-order chi connectivity index (χ1) is 13.8. The van der Waals surface area contributed by atoms with Gasteiger partial charge < -0.3 is 5.32 Å². The van der Waals surface area contributed by atoms with Gasteiger partial charge in [-0.05, 0) is 43.7 Å². The summed E-state index contributed by atoms with van der Waals surface area (Å²) >= 11 is 6.11. The molecule has 150 valence electrons. The monoisotopic (exact) mass is 412 g/mol. The zero-order valence-electron chi connectivity index (χ0n) is 16.4. The standard InChI is InChI=1S/C21H21ClN4O3/c1-4-25(14(3)27)20-21(29)26(18-8-6-5-7-17(18)24-20)12-19(28)23-15-10-9-13(2)16(22)11-15/h5-11H,4,12H2,1-3H3,(H,23,28). The molecule has 3 aromatic rings. The number of nitrogens with one attached hydrogen (secondary N) is 1. The summed E-state index contributed by atoms with van der Waals surface area (Å²) < 4.78 is 1.33. The smallest absolute Gasteiger partial charge is 0.294 e. The number of carbonyl (C=O) groups is 2. The summed E-state index contributed by atoms with van der Waals surface area (Å²) in [7, 11) is 0. The topological polar surface area (TPSA) is 84.3 Å². The van der Waals surface area contributed by atoms with Crippen LogP contribution >= 0.6 is 11.6 Å². The highest BCUT2D eigenvalue weighted by molar-refractivity contribution is 6.31. The number of para-hydroxylation sites is 2. The second kappa shape index (κ2) is 8.45. The Kier molecular flexibility index (Phi) is 5.98. The summed E-state index contributed by atoms with van der Waals surface area (Å²) in [6.07, 6.45) is 0. The number of halogens is 1. The van der Waals surface area contributed by atoms with Gasteiger partial charge in [-0.25, -0.2) is 4.98 Å². The minimum atomic E-state index is -0.502. The number of benzene rings is 2. The second-order valence-corrected chi connectivity index (χ2v) is 7.00. The molecule has 0 unspecified atom stereocenters. The van der Waals surface area contributed by atoms with Crippen LogP contribution in [-0.2, 0) is 16.1 Å². The van der Waals surface area contributed by atoms with Crippen molar-refractivity contribution in [3.05, 3.63) is 63.4 Å². The fraction of sp³-hybridized carbons (Fsp3) is 0.238. The van der Waals surface area contributed by atoms with E-state index in [9.17, 15) is 14.4 Å². The van der Waals surface area contributed by atoms with Gasteiger partial charge in [-0.3, -0.25) is 23.9 Å². The summed E-state index contributed by atoms with van der Waals surface area (Å²) in [5.74, 6) is -0.678. The molecule has 1 heterocycles. The average Bonchev–Trinajstić information content (AvgIpc) is 2.68. The molecule has 0 atom stereocenters. The molecule has 7 nitrogen and oxygen atoms in total. The molecule has 29 heavy (non-hydrogen) atoms. The van der Waals surface area contributed by atoms with Crippen LogP contribution in [0.15, 0.2) is 47.3 Å². The van der Waals surface area contributed by atoms with Crippen LogP contribution in [0.2, 0.25) is 5.02 Å². The molecule has 0 saturated heterocycles. The number of anilines is 2. The van der Waals surface area contributed by atoms with Gasteiger partial charge in [0.2, 0.25) is 17.6 Å². The zero-order valence-corrected chi connectivity index (χ0v) is 17.2. The summed E-state index contributed by atoms with van der Waals surface area (Å²) in [6.45, 7) is 5.07. The molecule has 1 aromatic heterocycles. The maximum atomic E-state index is 13.1. The Morgan fingerprint density at radius 3 is 2.59 bits per heavy atom. The van der Waals surface area contributed by atoms with Gasteiger partial charge in [0, 0.05) is 24.2 Å². The Balaban J connectivity index is 2.02. The predicted molar refractivity (Wildman–Crippen MR) is 115 cm³/mol. The molecule has 0 bridgehead atoms. The Hall–Kier alpha value is -3.19. The van der Waals surface area contributed by atoms with Crippen LogP contribution in [0.5, 0.6) is 0 Å². The molecular formula is C21H21ClN4O3. The highest BCUT2D eigenvalue weighted by Gasteiger charge is 2.20. The lowest BCUT2D eigenvalue weighted by Crippen LogP contribution is -2.38. The van der Waals surface area contributed by atoms with Crippen molar-refractivity contribution >= 4 is 46.0 Å². The van der Waals surface area contributed by atoms with Gasteiger partial charge in [-0.2, -0.15) is 0 Å². The van der Waals surface area contributed by atoms with Gasteiger partial charge in [-0.15, -0.1) is 0 Å². The molecule has 2 amide bonds. The Morgan fingerprint density at radius 1 is 1.21 bits per heavy atom. The molecule has 0 radical (unpaired) electrons. The molecule has 0 saturated carbocycles. The SMILES string of the molecule is CCN(C(C)=O)c1nc2ccccc2n(CC(=O)Nc2ccc(C)c(Cl)c2)c1=O. The molecule has 0 aliphatic heterocycles. The van der Waals surface area contributed by atoms with Crippen LogP contribution in [0.25, 0.3) is 11.0 Å². The second-order valence-electron chi connectivity index (χ2n) is 6.59. The highest BCUT2D eigenvalue weighted by Crippen LogP contribution is 2.20. The van der Waals surface area contributed by atoms with Gasteiger partial charge in [0.15, 0.2) is 0 Å². The van der Waals surface area contributed by atoms with Crippen LogP contribution in [0.3, 0.4) is 0 Å². The zero-order chi connectivity index (χ0) is 21.1. The van der Waals surface area contributed by atoms with E-state index in [-0.39, 0.29) is 24.2 Å². The van der Waals surface area contributed by atoms with Crippen molar-refractivity contribution in [2.45, 2.75) is 27.3 Å². The van der Waals surface area contributed by atoms with Crippen LogP contribution < -0.4 is 15.8 Å². The van der Waals surface area contributed by atoms with Crippen molar-refractivity contribution in [2.75, 3.05) is 16.8 Å². The third-order valence-corrected chi connectivity index (χ3v) is 4.95. The third-order valence-electron chi connectivity index (χ3n) is 4.54. The Morgan fingerprint density at radius 2 is 1.93 bits per heavy atom. The number of hydrogen-bond donors (Lipinski definition) is 1. The lowest BCUT2D eigenvalue weighted by atomic mass is 10.2. The highest BCUT2D eigenvalue weighted by atomic mass is 35.5. The number of hydrogen-bond acceptors (Lipinski definition) is 4.